The molecule has 116 valence electrons. The Morgan fingerprint density at radius 3 is 2.81 bits per heavy atom. The first-order valence-corrected chi connectivity index (χ1v) is 7.36. The Bertz CT molecular complexity index is 440. The predicted molar refractivity (Wildman–Crippen MR) is 79.0 cm³/mol. The molecular formula is C16H23NO4. The van der Waals surface area contributed by atoms with Gasteiger partial charge in [0.25, 0.3) is 0 Å². The van der Waals surface area contributed by atoms with E-state index >= 15 is 0 Å². The minimum absolute atomic E-state index is 0.196. The number of benzene rings is 1. The van der Waals surface area contributed by atoms with Crippen LogP contribution in [0.4, 0.5) is 0 Å². The van der Waals surface area contributed by atoms with E-state index in [0.717, 1.165) is 38.1 Å². The van der Waals surface area contributed by atoms with E-state index in [9.17, 15) is 9.90 Å². The molecule has 1 saturated heterocycles. The Balaban J connectivity index is 1.92. The van der Waals surface area contributed by atoms with Gasteiger partial charge in [0.1, 0.15) is 5.75 Å². The van der Waals surface area contributed by atoms with Crippen LogP contribution < -0.4 is 0 Å². The van der Waals surface area contributed by atoms with E-state index in [2.05, 4.69) is 4.90 Å². The van der Waals surface area contributed by atoms with Crippen molar-refractivity contribution >= 4 is 5.97 Å². The Kier molecular flexibility index (Phi) is 6.02. The molecule has 1 N–H and O–H groups in total. The van der Waals surface area contributed by atoms with Gasteiger partial charge in [-0.1, -0.05) is 12.1 Å². The molecule has 1 unspecified atom stereocenters. The molecule has 1 atom stereocenters. The summed E-state index contributed by atoms with van der Waals surface area (Å²) >= 11 is 0. The summed E-state index contributed by atoms with van der Waals surface area (Å²) in [4.78, 5) is 13.5. The number of hydrogen-bond acceptors (Lipinski definition) is 5. The molecule has 0 aromatic heterocycles. The van der Waals surface area contributed by atoms with Gasteiger partial charge in [0.15, 0.2) is 0 Å². The van der Waals surface area contributed by atoms with Crippen molar-refractivity contribution in [1.29, 1.82) is 0 Å². The first kappa shape index (κ1) is 15.8. The molecule has 0 amide bonds. The van der Waals surface area contributed by atoms with Crippen LogP contribution in [0.2, 0.25) is 0 Å². The highest BCUT2D eigenvalue weighted by atomic mass is 16.5. The monoisotopic (exact) mass is 293 g/mol. The summed E-state index contributed by atoms with van der Waals surface area (Å²) in [5.41, 5.74) is 1.11. The van der Waals surface area contributed by atoms with Crippen LogP contribution in [-0.4, -0.2) is 48.9 Å². The van der Waals surface area contributed by atoms with Crippen LogP contribution in [0.25, 0.3) is 0 Å². The van der Waals surface area contributed by atoms with E-state index in [1.807, 2.05) is 12.1 Å². The zero-order valence-electron chi connectivity index (χ0n) is 12.5. The van der Waals surface area contributed by atoms with Crippen LogP contribution >= 0.6 is 0 Å². The lowest BCUT2D eigenvalue weighted by Gasteiger charge is -2.25. The van der Waals surface area contributed by atoms with E-state index in [1.54, 1.807) is 12.1 Å². The standard InChI is InChI=1S/C16H23NO4/c1-20-16(19)8-9-17(12-15-3-2-10-21-15)11-13-4-6-14(18)7-5-13/h4-7,15,18H,2-3,8-12H2,1H3. The molecule has 0 bridgehead atoms. The number of nitrogens with zero attached hydrogens (tertiary/aromatic N) is 1. The van der Waals surface area contributed by atoms with E-state index in [4.69, 9.17) is 9.47 Å². The van der Waals surface area contributed by atoms with Gasteiger partial charge in [-0.15, -0.1) is 0 Å². The smallest absolute Gasteiger partial charge is 0.306 e. The molecule has 0 spiro atoms. The number of aromatic hydroxyl groups is 1. The van der Waals surface area contributed by atoms with Gasteiger partial charge in [0.05, 0.1) is 19.6 Å². The Morgan fingerprint density at radius 2 is 2.19 bits per heavy atom. The van der Waals surface area contributed by atoms with Crippen LogP contribution in [0.1, 0.15) is 24.8 Å². The molecule has 0 aliphatic carbocycles. The molecule has 21 heavy (non-hydrogen) atoms. The van der Waals surface area contributed by atoms with Crippen molar-refractivity contribution in [3.8, 4) is 5.75 Å². The van der Waals surface area contributed by atoms with Crippen LogP contribution in [-0.2, 0) is 20.8 Å². The lowest BCUT2D eigenvalue weighted by atomic mass is 10.1. The minimum Gasteiger partial charge on any atom is -0.508 e. The predicted octanol–water partition coefficient (Wildman–Crippen LogP) is 1.94. The molecule has 2 rings (SSSR count). The van der Waals surface area contributed by atoms with Crippen LogP contribution in [0.3, 0.4) is 0 Å². The molecule has 1 aromatic rings. The zero-order valence-corrected chi connectivity index (χ0v) is 12.5. The summed E-state index contributed by atoms with van der Waals surface area (Å²) in [5.74, 6) is 0.0667. The normalized spacial score (nSPS) is 18.1. The molecule has 1 fully saturated rings. The number of hydrogen-bond donors (Lipinski definition) is 1. The number of carbonyl (C=O) groups is 1. The third-order valence-corrected chi connectivity index (χ3v) is 3.69. The third kappa shape index (κ3) is 5.36. The average Bonchev–Trinajstić information content (AvgIpc) is 2.99. The highest BCUT2D eigenvalue weighted by Gasteiger charge is 2.20. The largest absolute Gasteiger partial charge is 0.508 e. The van der Waals surface area contributed by atoms with Crippen molar-refractivity contribution in [3.05, 3.63) is 29.8 Å². The summed E-state index contributed by atoms with van der Waals surface area (Å²) in [6.45, 7) is 3.02. The van der Waals surface area contributed by atoms with Gasteiger partial charge in [-0.3, -0.25) is 9.69 Å². The lowest BCUT2D eigenvalue weighted by Crippen LogP contribution is -2.33. The van der Waals surface area contributed by atoms with Crippen molar-refractivity contribution < 1.29 is 19.4 Å². The zero-order chi connectivity index (χ0) is 15.1. The number of rotatable bonds is 7. The maximum atomic E-state index is 11.3. The van der Waals surface area contributed by atoms with Gasteiger partial charge < -0.3 is 14.6 Å². The summed E-state index contributed by atoms with van der Waals surface area (Å²) < 4.78 is 10.4. The van der Waals surface area contributed by atoms with Crippen LogP contribution in [0, 0.1) is 0 Å². The molecule has 1 aliphatic rings. The second-order valence-electron chi connectivity index (χ2n) is 5.36. The fourth-order valence-corrected chi connectivity index (χ4v) is 2.52. The quantitative estimate of drug-likeness (QED) is 0.779. The van der Waals surface area contributed by atoms with E-state index in [0.29, 0.717) is 13.0 Å². The summed E-state index contributed by atoms with van der Waals surface area (Å²) in [6.07, 6.45) is 2.81. The summed E-state index contributed by atoms with van der Waals surface area (Å²) in [5, 5.41) is 9.33. The van der Waals surface area contributed by atoms with Crippen molar-refractivity contribution in [2.45, 2.75) is 31.9 Å². The van der Waals surface area contributed by atoms with Gasteiger partial charge in [0, 0.05) is 26.2 Å². The maximum absolute atomic E-state index is 11.3. The van der Waals surface area contributed by atoms with Crippen molar-refractivity contribution in [2.75, 3.05) is 26.8 Å². The van der Waals surface area contributed by atoms with Gasteiger partial charge >= 0.3 is 5.97 Å². The molecule has 1 heterocycles. The molecule has 5 nitrogen and oxygen atoms in total. The minimum atomic E-state index is -0.196. The summed E-state index contributed by atoms with van der Waals surface area (Å²) in [6, 6.07) is 7.16. The number of carbonyl (C=O) groups excluding carboxylic acids is 1. The molecule has 0 saturated carbocycles. The molecule has 1 aromatic carbocycles. The van der Waals surface area contributed by atoms with Crippen molar-refractivity contribution in [1.82, 2.24) is 4.90 Å². The van der Waals surface area contributed by atoms with Gasteiger partial charge in [-0.05, 0) is 30.5 Å². The molecule has 0 radical (unpaired) electrons. The number of methoxy groups -OCH3 is 1. The number of phenolic OH excluding ortho intramolecular Hbond substituents is 1. The van der Waals surface area contributed by atoms with Crippen LogP contribution in [0.5, 0.6) is 5.75 Å². The van der Waals surface area contributed by atoms with Gasteiger partial charge in [-0.2, -0.15) is 0 Å². The second-order valence-corrected chi connectivity index (χ2v) is 5.36. The van der Waals surface area contributed by atoms with Crippen LogP contribution in [0.15, 0.2) is 24.3 Å². The Labute approximate surface area is 125 Å². The highest BCUT2D eigenvalue weighted by Crippen LogP contribution is 2.16. The maximum Gasteiger partial charge on any atom is 0.306 e. The van der Waals surface area contributed by atoms with E-state index in [1.165, 1.54) is 7.11 Å². The average molecular weight is 293 g/mol. The Hall–Kier alpha value is -1.59. The van der Waals surface area contributed by atoms with E-state index in [-0.39, 0.29) is 17.8 Å². The van der Waals surface area contributed by atoms with E-state index < -0.39 is 0 Å². The summed E-state index contributed by atoms with van der Waals surface area (Å²) in [7, 11) is 1.41. The fourth-order valence-electron chi connectivity index (χ4n) is 2.52. The fraction of sp³-hybridized carbons (Fsp3) is 0.562. The van der Waals surface area contributed by atoms with Crippen molar-refractivity contribution in [2.24, 2.45) is 0 Å². The second kappa shape index (κ2) is 8.00. The molecular weight excluding hydrogens is 270 g/mol. The number of phenols is 1. The van der Waals surface area contributed by atoms with Gasteiger partial charge in [0.2, 0.25) is 0 Å². The first-order valence-electron chi connectivity index (χ1n) is 7.36. The topological polar surface area (TPSA) is 59.0 Å². The van der Waals surface area contributed by atoms with Gasteiger partial charge in [-0.25, -0.2) is 0 Å². The lowest BCUT2D eigenvalue weighted by molar-refractivity contribution is -0.141. The third-order valence-electron chi connectivity index (χ3n) is 3.69. The first-order chi connectivity index (χ1) is 10.2. The van der Waals surface area contributed by atoms with Crippen molar-refractivity contribution in [3.63, 3.8) is 0 Å². The number of esters is 1. The highest BCUT2D eigenvalue weighted by molar-refractivity contribution is 5.69. The SMILES string of the molecule is COC(=O)CCN(Cc1ccc(O)cc1)CC1CCCO1. The number of ether oxygens (including phenoxy) is 2. The Morgan fingerprint density at radius 1 is 1.43 bits per heavy atom. The molecule has 5 heteroatoms. The molecule has 1 aliphatic heterocycles.